The molecule has 4 rings (SSSR count). The molecule has 0 aliphatic carbocycles. The van der Waals surface area contributed by atoms with Gasteiger partial charge >= 0.3 is 0 Å². The van der Waals surface area contributed by atoms with E-state index < -0.39 is 40.2 Å². The van der Waals surface area contributed by atoms with E-state index in [1.807, 2.05) is 30.3 Å². The minimum absolute atomic E-state index is 0.0331. The Kier molecular flexibility index (Phi) is 11.2. The Labute approximate surface area is 268 Å². The number of hydrogen-bond donors (Lipinski definition) is 1. The molecule has 0 radical (unpaired) electrons. The van der Waals surface area contributed by atoms with Crippen molar-refractivity contribution in [1.82, 2.24) is 10.2 Å². The van der Waals surface area contributed by atoms with E-state index in [-0.39, 0.29) is 29.3 Å². The van der Waals surface area contributed by atoms with Crippen LogP contribution in [0.15, 0.2) is 102 Å². The standard InChI is InChI=1S/C34H36FN3O7S/c1-36-34(40)30(20-24-9-6-5-7-10-24)37(22-25-11-8-12-28(19-25)43-2)33(39)23-38(27-15-13-26(35)14-16-27)46(41,42)29-17-18-31(44-3)32(21-29)45-4/h5-19,21,30H,20,22-23H2,1-4H3,(H,36,40)/t30-/m0/s1. The Balaban J connectivity index is 1.81. The Bertz CT molecular complexity index is 1750. The van der Waals surface area contributed by atoms with Crippen LogP contribution in [0.5, 0.6) is 17.2 Å². The minimum atomic E-state index is -4.44. The number of likely N-dealkylation sites (N-methyl/N-ethyl adjacent to an activating group) is 1. The maximum absolute atomic E-state index is 14.4. The van der Waals surface area contributed by atoms with Crippen LogP contribution in [-0.4, -0.2) is 66.1 Å². The highest BCUT2D eigenvalue weighted by atomic mass is 32.2. The van der Waals surface area contributed by atoms with Gasteiger partial charge in [0.25, 0.3) is 10.0 Å². The van der Waals surface area contributed by atoms with Gasteiger partial charge in [-0.15, -0.1) is 0 Å². The van der Waals surface area contributed by atoms with Crippen LogP contribution in [0, 0.1) is 5.82 Å². The largest absolute Gasteiger partial charge is 0.497 e. The van der Waals surface area contributed by atoms with Gasteiger partial charge in [0.2, 0.25) is 11.8 Å². The van der Waals surface area contributed by atoms with Gasteiger partial charge in [0.05, 0.1) is 31.9 Å². The van der Waals surface area contributed by atoms with Crippen molar-refractivity contribution in [3.63, 3.8) is 0 Å². The lowest BCUT2D eigenvalue weighted by atomic mass is 10.0. The van der Waals surface area contributed by atoms with Crippen LogP contribution >= 0.6 is 0 Å². The first-order chi connectivity index (χ1) is 22.1. The van der Waals surface area contributed by atoms with Crippen LogP contribution in [0.3, 0.4) is 0 Å². The van der Waals surface area contributed by atoms with Crippen molar-refractivity contribution in [3.05, 3.63) is 114 Å². The van der Waals surface area contributed by atoms with Crippen LogP contribution in [0.2, 0.25) is 0 Å². The third kappa shape index (κ3) is 7.94. The smallest absolute Gasteiger partial charge is 0.264 e. The van der Waals surface area contributed by atoms with E-state index in [9.17, 15) is 22.4 Å². The molecule has 46 heavy (non-hydrogen) atoms. The average molecular weight is 650 g/mol. The lowest BCUT2D eigenvalue weighted by Crippen LogP contribution is -2.53. The van der Waals surface area contributed by atoms with E-state index in [0.717, 1.165) is 22.0 Å². The minimum Gasteiger partial charge on any atom is -0.497 e. The quantitative estimate of drug-likeness (QED) is 0.215. The summed E-state index contributed by atoms with van der Waals surface area (Å²) >= 11 is 0. The van der Waals surface area contributed by atoms with Gasteiger partial charge in [-0.25, -0.2) is 12.8 Å². The third-order valence-corrected chi connectivity index (χ3v) is 9.11. The van der Waals surface area contributed by atoms with Crippen molar-refractivity contribution in [2.45, 2.75) is 23.9 Å². The van der Waals surface area contributed by atoms with Crippen molar-refractivity contribution in [3.8, 4) is 17.2 Å². The third-order valence-electron chi connectivity index (χ3n) is 7.34. The summed E-state index contributed by atoms with van der Waals surface area (Å²) in [5, 5.41) is 2.64. The fourth-order valence-corrected chi connectivity index (χ4v) is 6.36. The SMILES string of the molecule is CNC(=O)[C@H](Cc1ccccc1)N(Cc1cccc(OC)c1)C(=O)CN(c1ccc(F)cc1)S(=O)(=O)c1ccc(OC)c(OC)c1. The summed E-state index contributed by atoms with van der Waals surface area (Å²) in [4.78, 5) is 28.9. The average Bonchev–Trinajstić information content (AvgIpc) is 3.08. The van der Waals surface area contributed by atoms with Crippen molar-refractivity contribution in [2.24, 2.45) is 0 Å². The number of carbonyl (C=O) groups is 2. The number of nitrogens with zero attached hydrogens (tertiary/aromatic N) is 2. The summed E-state index contributed by atoms with van der Waals surface area (Å²) in [6.07, 6.45) is 0.162. The Hall–Kier alpha value is -5.10. The van der Waals surface area contributed by atoms with Crippen LogP contribution in [-0.2, 0) is 32.6 Å². The first-order valence-corrected chi connectivity index (χ1v) is 15.7. The molecule has 0 saturated heterocycles. The van der Waals surface area contributed by atoms with Gasteiger partial charge in [-0.05, 0) is 59.7 Å². The molecule has 0 saturated carbocycles. The van der Waals surface area contributed by atoms with Crippen LogP contribution in [0.1, 0.15) is 11.1 Å². The van der Waals surface area contributed by atoms with Crippen LogP contribution in [0.4, 0.5) is 10.1 Å². The zero-order chi connectivity index (χ0) is 33.3. The first-order valence-electron chi connectivity index (χ1n) is 14.3. The van der Waals surface area contributed by atoms with E-state index in [0.29, 0.717) is 17.1 Å². The molecule has 2 amide bonds. The van der Waals surface area contributed by atoms with Crippen molar-refractivity contribution in [1.29, 1.82) is 0 Å². The maximum atomic E-state index is 14.4. The second kappa shape index (κ2) is 15.3. The lowest BCUT2D eigenvalue weighted by molar-refractivity contribution is -0.139. The fourth-order valence-electron chi connectivity index (χ4n) is 4.93. The normalized spacial score (nSPS) is 11.7. The zero-order valence-electron chi connectivity index (χ0n) is 26.0. The molecule has 0 aliphatic heterocycles. The molecule has 4 aromatic rings. The van der Waals surface area contributed by atoms with Gasteiger partial charge in [-0.1, -0.05) is 42.5 Å². The molecule has 242 valence electrons. The number of benzene rings is 4. The molecule has 0 aromatic heterocycles. The van der Waals surface area contributed by atoms with Crippen molar-refractivity contribution < 1.29 is 36.6 Å². The number of rotatable bonds is 14. The lowest BCUT2D eigenvalue weighted by Gasteiger charge is -2.33. The monoisotopic (exact) mass is 649 g/mol. The number of methoxy groups -OCH3 is 3. The summed E-state index contributed by atoms with van der Waals surface area (Å²) < 4.78 is 59.2. The number of sulfonamides is 1. The summed E-state index contributed by atoms with van der Waals surface area (Å²) in [5.41, 5.74) is 1.50. The fraction of sp³-hybridized carbons (Fsp3) is 0.235. The van der Waals surface area contributed by atoms with Gasteiger partial charge < -0.3 is 24.4 Å². The molecule has 0 unspecified atom stereocenters. The highest BCUT2D eigenvalue weighted by molar-refractivity contribution is 7.92. The molecule has 1 N–H and O–H groups in total. The maximum Gasteiger partial charge on any atom is 0.264 e. The molecule has 0 fully saturated rings. The zero-order valence-corrected chi connectivity index (χ0v) is 26.8. The van der Waals surface area contributed by atoms with E-state index in [1.165, 1.54) is 63.6 Å². The second-order valence-corrected chi connectivity index (χ2v) is 12.1. The molecule has 0 aliphatic rings. The van der Waals surface area contributed by atoms with Crippen LogP contribution in [0.25, 0.3) is 0 Å². The molecular weight excluding hydrogens is 613 g/mol. The number of halogens is 1. The molecule has 0 spiro atoms. The molecule has 12 heteroatoms. The first kappa shape index (κ1) is 33.8. The number of hydrogen-bond acceptors (Lipinski definition) is 7. The molecule has 10 nitrogen and oxygen atoms in total. The molecule has 0 bridgehead atoms. The summed E-state index contributed by atoms with van der Waals surface area (Å²) in [6.45, 7) is -0.733. The van der Waals surface area contributed by atoms with Gasteiger partial charge in [0.15, 0.2) is 11.5 Å². The van der Waals surface area contributed by atoms with E-state index >= 15 is 0 Å². The number of carbonyl (C=O) groups excluding carboxylic acids is 2. The number of amides is 2. The van der Waals surface area contributed by atoms with Crippen molar-refractivity contribution in [2.75, 3.05) is 39.2 Å². The van der Waals surface area contributed by atoms with E-state index in [4.69, 9.17) is 14.2 Å². The summed E-state index contributed by atoms with van der Waals surface area (Å²) in [6, 6.07) is 24.0. The van der Waals surface area contributed by atoms with Gasteiger partial charge in [0, 0.05) is 26.1 Å². The predicted molar refractivity (Wildman–Crippen MR) is 172 cm³/mol. The highest BCUT2D eigenvalue weighted by Gasteiger charge is 2.34. The molecule has 4 aromatic carbocycles. The predicted octanol–water partition coefficient (Wildman–Crippen LogP) is 4.43. The second-order valence-electron chi connectivity index (χ2n) is 10.2. The highest BCUT2D eigenvalue weighted by Crippen LogP contribution is 2.32. The van der Waals surface area contributed by atoms with Crippen LogP contribution < -0.4 is 23.8 Å². The Morgan fingerprint density at radius 1 is 0.804 bits per heavy atom. The van der Waals surface area contributed by atoms with E-state index in [1.54, 1.807) is 24.3 Å². The molecular formula is C34H36FN3O7S. The van der Waals surface area contributed by atoms with Crippen molar-refractivity contribution >= 4 is 27.5 Å². The Morgan fingerprint density at radius 2 is 1.48 bits per heavy atom. The van der Waals surface area contributed by atoms with Gasteiger partial charge in [0.1, 0.15) is 24.2 Å². The number of ether oxygens (including phenoxy) is 3. The summed E-state index contributed by atoms with van der Waals surface area (Å²) in [5.74, 6) is -0.660. The van der Waals surface area contributed by atoms with Gasteiger partial charge in [-0.3, -0.25) is 13.9 Å². The summed E-state index contributed by atoms with van der Waals surface area (Å²) in [7, 11) is 1.35. The van der Waals surface area contributed by atoms with Gasteiger partial charge in [-0.2, -0.15) is 0 Å². The molecule has 0 heterocycles. The number of anilines is 1. The number of nitrogens with one attached hydrogen (secondary N) is 1. The topological polar surface area (TPSA) is 114 Å². The molecule has 1 atom stereocenters. The van der Waals surface area contributed by atoms with E-state index in [2.05, 4.69) is 5.32 Å². The Morgan fingerprint density at radius 3 is 2.11 bits per heavy atom.